The van der Waals surface area contributed by atoms with Crippen molar-refractivity contribution < 1.29 is 14.4 Å². The second-order valence-electron chi connectivity index (χ2n) is 4.82. The quantitative estimate of drug-likeness (QED) is 0.837. The van der Waals surface area contributed by atoms with Gasteiger partial charge in [0, 0.05) is 30.8 Å². The van der Waals surface area contributed by atoms with Crippen LogP contribution in [-0.2, 0) is 14.4 Å². The van der Waals surface area contributed by atoms with Crippen LogP contribution in [0.4, 0.5) is 0 Å². The summed E-state index contributed by atoms with van der Waals surface area (Å²) < 4.78 is 0. The van der Waals surface area contributed by atoms with Crippen molar-refractivity contribution in [3.8, 4) is 0 Å². The number of imide groups is 1. The van der Waals surface area contributed by atoms with Gasteiger partial charge in [-0.2, -0.15) is 0 Å². The Kier molecular flexibility index (Phi) is 4.89. The highest BCUT2D eigenvalue weighted by molar-refractivity contribution is 7.10. The van der Waals surface area contributed by atoms with E-state index in [-0.39, 0.29) is 30.2 Å². The van der Waals surface area contributed by atoms with E-state index < -0.39 is 0 Å². The second kappa shape index (κ2) is 6.65. The molecule has 0 bridgehead atoms. The Morgan fingerprint density at radius 2 is 2.10 bits per heavy atom. The lowest BCUT2D eigenvalue weighted by Crippen LogP contribution is -2.44. The average Bonchev–Trinajstić information content (AvgIpc) is 2.95. The summed E-state index contributed by atoms with van der Waals surface area (Å²) in [5, 5.41) is 4.72. The fraction of sp³-hybridized carbons (Fsp3) is 0.500. The Hall–Kier alpha value is -1.69. The smallest absolute Gasteiger partial charge is 0.229 e. The molecule has 1 unspecified atom stereocenters. The highest BCUT2D eigenvalue weighted by Gasteiger charge is 2.25. The molecule has 1 aromatic heterocycles. The molecule has 6 heteroatoms. The molecule has 1 aromatic rings. The molecule has 1 aliphatic heterocycles. The van der Waals surface area contributed by atoms with Crippen LogP contribution in [0, 0.1) is 0 Å². The largest absolute Gasteiger partial charge is 0.354 e. The summed E-state index contributed by atoms with van der Waals surface area (Å²) in [6.07, 6.45) is 1.48. The van der Waals surface area contributed by atoms with Crippen molar-refractivity contribution in [3.63, 3.8) is 0 Å². The average molecular weight is 294 g/mol. The number of amides is 3. The lowest BCUT2D eigenvalue weighted by atomic mass is 10.1. The standard InChI is InChI=1S/C14H18N2O3S/c1-10(11-4-3-9-20-11)14(19)15-7-8-16-12(17)5-2-6-13(16)18/h3-4,9-10H,2,5-8H2,1H3,(H,15,19). The van der Waals surface area contributed by atoms with Gasteiger partial charge in [0.05, 0.1) is 5.92 Å². The van der Waals surface area contributed by atoms with Crippen molar-refractivity contribution >= 4 is 29.1 Å². The minimum Gasteiger partial charge on any atom is -0.354 e. The third-order valence-corrected chi connectivity index (χ3v) is 4.44. The highest BCUT2D eigenvalue weighted by Crippen LogP contribution is 2.20. The van der Waals surface area contributed by atoms with E-state index in [2.05, 4.69) is 5.32 Å². The van der Waals surface area contributed by atoms with Crippen molar-refractivity contribution in [1.82, 2.24) is 10.2 Å². The third-order valence-electron chi connectivity index (χ3n) is 3.38. The molecule has 5 nitrogen and oxygen atoms in total. The SMILES string of the molecule is CC(C(=O)NCCN1C(=O)CCCC1=O)c1cccs1. The number of hydrogen-bond donors (Lipinski definition) is 1. The third kappa shape index (κ3) is 3.45. The second-order valence-corrected chi connectivity index (χ2v) is 5.80. The van der Waals surface area contributed by atoms with Crippen LogP contribution in [0.2, 0.25) is 0 Å². The summed E-state index contributed by atoms with van der Waals surface area (Å²) in [6.45, 7) is 2.42. The number of carbonyl (C=O) groups excluding carboxylic acids is 3. The molecule has 1 N–H and O–H groups in total. The van der Waals surface area contributed by atoms with Gasteiger partial charge in [0.15, 0.2) is 0 Å². The Bertz CT molecular complexity index is 483. The number of nitrogens with one attached hydrogen (secondary N) is 1. The fourth-order valence-electron chi connectivity index (χ4n) is 2.16. The van der Waals surface area contributed by atoms with E-state index in [1.807, 2.05) is 24.4 Å². The first-order chi connectivity index (χ1) is 9.59. The summed E-state index contributed by atoms with van der Waals surface area (Å²) >= 11 is 1.54. The summed E-state index contributed by atoms with van der Waals surface area (Å²) in [7, 11) is 0. The lowest BCUT2D eigenvalue weighted by molar-refractivity contribution is -0.148. The van der Waals surface area contributed by atoms with Crippen LogP contribution in [-0.4, -0.2) is 35.7 Å². The number of carbonyl (C=O) groups is 3. The van der Waals surface area contributed by atoms with Crippen LogP contribution in [0.15, 0.2) is 17.5 Å². The number of thiophene rings is 1. The van der Waals surface area contributed by atoms with Gasteiger partial charge in [-0.3, -0.25) is 19.3 Å². The van der Waals surface area contributed by atoms with Crippen LogP contribution in [0.3, 0.4) is 0 Å². The number of hydrogen-bond acceptors (Lipinski definition) is 4. The van der Waals surface area contributed by atoms with E-state index in [4.69, 9.17) is 0 Å². The molecule has 3 amide bonds. The van der Waals surface area contributed by atoms with E-state index in [0.29, 0.717) is 25.8 Å². The van der Waals surface area contributed by atoms with Crippen LogP contribution < -0.4 is 5.32 Å². The van der Waals surface area contributed by atoms with Gasteiger partial charge in [-0.05, 0) is 24.8 Å². The number of piperidine rings is 1. The zero-order valence-corrected chi connectivity index (χ0v) is 12.2. The van der Waals surface area contributed by atoms with Crippen LogP contribution in [0.5, 0.6) is 0 Å². The maximum atomic E-state index is 12.0. The van der Waals surface area contributed by atoms with Gasteiger partial charge < -0.3 is 5.32 Å². The Labute approximate surface area is 122 Å². The molecule has 1 fully saturated rings. The molecule has 0 aromatic carbocycles. The molecule has 1 aliphatic rings. The van der Waals surface area contributed by atoms with Gasteiger partial charge in [0.25, 0.3) is 0 Å². The Morgan fingerprint density at radius 1 is 1.40 bits per heavy atom. The molecular weight excluding hydrogens is 276 g/mol. The van der Waals surface area contributed by atoms with E-state index >= 15 is 0 Å². The monoisotopic (exact) mass is 294 g/mol. The lowest BCUT2D eigenvalue weighted by Gasteiger charge is -2.25. The first-order valence-electron chi connectivity index (χ1n) is 6.74. The fourth-order valence-corrected chi connectivity index (χ4v) is 2.94. The molecule has 0 aliphatic carbocycles. The maximum absolute atomic E-state index is 12.0. The van der Waals surface area contributed by atoms with E-state index in [0.717, 1.165) is 4.88 Å². The number of rotatable bonds is 5. The van der Waals surface area contributed by atoms with Crippen molar-refractivity contribution in [3.05, 3.63) is 22.4 Å². The minimum absolute atomic E-state index is 0.0793. The van der Waals surface area contributed by atoms with Crippen molar-refractivity contribution in [2.45, 2.75) is 32.1 Å². The van der Waals surface area contributed by atoms with Crippen LogP contribution in [0.1, 0.15) is 37.0 Å². The highest BCUT2D eigenvalue weighted by atomic mass is 32.1. The van der Waals surface area contributed by atoms with Gasteiger partial charge in [0.2, 0.25) is 17.7 Å². The zero-order chi connectivity index (χ0) is 14.5. The first kappa shape index (κ1) is 14.7. The molecule has 108 valence electrons. The molecule has 20 heavy (non-hydrogen) atoms. The number of likely N-dealkylation sites (tertiary alicyclic amines) is 1. The summed E-state index contributed by atoms with van der Waals surface area (Å²) in [4.78, 5) is 37.4. The normalized spacial score (nSPS) is 17.1. The molecule has 2 rings (SSSR count). The van der Waals surface area contributed by atoms with Crippen LogP contribution >= 0.6 is 11.3 Å². The van der Waals surface area contributed by atoms with Crippen molar-refractivity contribution in [1.29, 1.82) is 0 Å². The zero-order valence-electron chi connectivity index (χ0n) is 11.4. The molecule has 2 heterocycles. The van der Waals surface area contributed by atoms with Crippen LogP contribution in [0.25, 0.3) is 0 Å². The van der Waals surface area contributed by atoms with E-state index in [9.17, 15) is 14.4 Å². The summed E-state index contributed by atoms with van der Waals surface area (Å²) in [5.41, 5.74) is 0. The van der Waals surface area contributed by atoms with E-state index in [1.54, 1.807) is 11.3 Å². The molecular formula is C14H18N2O3S. The summed E-state index contributed by atoms with van der Waals surface area (Å²) in [6, 6.07) is 3.83. The topological polar surface area (TPSA) is 66.5 Å². The van der Waals surface area contributed by atoms with Gasteiger partial charge in [-0.1, -0.05) is 6.07 Å². The molecule has 1 saturated heterocycles. The molecule has 0 saturated carbocycles. The van der Waals surface area contributed by atoms with E-state index in [1.165, 1.54) is 4.90 Å². The Balaban J connectivity index is 1.79. The Morgan fingerprint density at radius 3 is 2.70 bits per heavy atom. The summed E-state index contributed by atoms with van der Waals surface area (Å²) in [5.74, 6) is -0.560. The predicted molar refractivity (Wildman–Crippen MR) is 76.3 cm³/mol. The molecule has 0 radical (unpaired) electrons. The van der Waals surface area contributed by atoms with Crippen molar-refractivity contribution in [2.75, 3.05) is 13.1 Å². The van der Waals surface area contributed by atoms with Crippen molar-refractivity contribution in [2.24, 2.45) is 0 Å². The van der Waals surface area contributed by atoms with Gasteiger partial charge in [0.1, 0.15) is 0 Å². The minimum atomic E-state index is -0.206. The van der Waals surface area contributed by atoms with Gasteiger partial charge in [-0.15, -0.1) is 11.3 Å². The maximum Gasteiger partial charge on any atom is 0.229 e. The molecule has 1 atom stereocenters. The predicted octanol–water partition coefficient (Wildman–Crippen LogP) is 1.51. The first-order valence-corrected chi connectivity index (χ1v) is 7.62. The molecule has 0 spiro atoms. The number of nitrogens with zero attached hydrogens (tertiary/aromatic N) is 1. The van der Waals surface area contributed by atoms with Gasteiger partial charge in [-0.25, -0.2) is 0 Å². The van der Waals surface area contributed by atoms with Gasteiger partial charge >= 0.3 is 0 Å².